The molecule has 0 saturated heterocycles. The number of aromatic nitrogens is 1. The number of thiophene rings is 1. The number of hydrogen-bond acceptors (Lipinski definition) is 6. The number of nitrogens with one attached hydrogen (secondary N) is 1. The molecule has 3 N–H and O–H groups in total. The number of halogens is 2. The van der Waals surface area contributed by atoms with E-state index in [4.69, 9.17) is 5.73 Å². The third-order valence-corrected chi connectivity index (χ3v) is 5.17. The van der Waals surface area contributed by atoms with Gasteiger partial charge in [0.15, 0.2) is 0 Å². The first-order chi connectivity index (χ1) is 10.7. The van der Waals surface area contributed by atoms with Crippen LogP contribution in [0.5, 0.6) is 0 Å². The molecular formula is C15H24Cl2N4OS2. The summed E-state index contributed by atoms with van der Waals surface area (Å²) in [5.41, 5.74) is 7.23. The molecule has 0 aliphatic rings. The van der Waals surface area contributed by atoms with Crippen molar-refractivity contribution in [2.75, 3.05) is 19.6 Å². The van der Waals surface area contributed by atoms with Crippen molar-refractivity contribution in [2.45, 2.75) is 26.4 Å². The number of nitrogens with zero attached hydrogens (tertiary/aromatic N) is 2. The zero-order valence-corrected chi connectivity index (χ0v) is 17.0. The maximum atomic E-state index is 12.2. The lowest BCUT2D eigenvalue weighted by Gasteiger charge is -2.29. The van der Waals surface area contributed by atoms with Crippen molar-refractivity contribution >= 4 is 53.4 Å². The lowest BCUT2D eigenvalue weighted by molar-refractivity contribution is 0.0930. The number of carbonyl (C=O) groups is 1. The van der Waals surface area contributed by atoms with Gasteiger partial charge in [-0.15, -0.1) is 36.2 Å². The van der Waals surface area contributed by atoms with Crippen LogP contribution in [-0.4, -0.2) is 35.4 Å². The van der Waals surface area contributed by atoms with Crippen molar-refractivity contribution < 1.29 is 4.79 Å². The van der Waals surface area contributed by atoms with Gasteiger partial charge in [-0.2, -0.15) is 11.3 Å². The fourth-order valence-electron chi connectivity index (χ4n) is 2.38. The summed E-state index contributed by atoms with van der Waals surface area (Å²) in [6.07, 6.45) is 0. The van der Waals surface area contributed by atoms with Gasteiger partial charge in [0.2, 0.25) is 0 Å². The highest BCUT2D eigenvalue weighted by Crippen LogP contribution is 2.22. The largest absolute Gasteiger partial charge is 0.349 e. The molecule has 0 spiro atoms. The molecule has 2 aromatic heterocycles. The van der Waals surface area contributed by atoms with Crippen LogP contribution in [0.2, 0.25) is 0 Å². The zero-order valence-electron chi connectivity index (χ0n) is 13.7. The molecule has 24 heavy (non-hydrogen) atoms. The SMILES string of the molecule is CCN(CC)C(CNC(=O)c1csc(CN)n1)c1ccsc1.Cl.Cl. The van der Waals surface area contributed by atoms with Gasteiger partial charge in [0.25, 0.3) is 5.91 Å². The quantitative estimate of drug-likeness (QED) is 0.699. The third-order valence-electron chi connectivity index (χ3n) is 3.60. The van der Waals surface area contributed by atoms with E-state index in [1.807, 2.05) is 0 Å². The number of amides is 1. The molecule has 1 atom stereocenters. The molecule has 0 aliphatic heterocycles. The molecule has 0 bridgehead atoms. The van der Waals surface area contributed by atoms with E-state index in [1.54, 1.807) is 16.7 Å². The second kappa shape index (κ2) is 11.8. The Bertz CT molecular complexity index is 588. The lowest BCUT2D eigenvalue weighted by Crippen LogP contribution is -2.38. The van der Waals surface area contributed by atoms with Gasteiger partial charge in [0.1, 0.15) is 10.7 Å². The van der Waals surface area contributed by atoms with Crippen LogP contribution in [0.1, 0.15) is 40.9 Å². The standard InChI is InChI=1S/C15H22N4OS2.2ClH/c1-3-19(4-2)13(11-5-6-21-9-11)8-17-15(20)12-10-22-14(7-16)18-12;;/h5-6,9-10,13H,3-4,7-8,16H2,1-2H3,(H,17,20);2*1H. The molecule has 0 radical (unpaired) electrons. The van der Waals surface area contributed by atoms with Crippen LogP contribution in [-0.2, 0) is 6.54 Å². The fourth-order valence-corrected chi connectivity index (χ4v) is 3.74. The molecule has 0 aromatic carbocycles. The van der Waals surface area contributed by atoms with Gasteiger partial charge in [-0.05, 0) is 35.5 Å². The molecule has 0 saturated carbocycles. The summed E-state index contributed by atoms with van der Waals surface area (Å²) < 4.78 is 0. The number of carbonyl (C=O) groups excluding carboxylic acids is 1. The molecule has 2 rings (SSSR count). The van der Waals surface area contributed by atoms with Crippen molar-refractivity contribution in [1.29, 1.82) is 0 Å². The summed E-state index contributed by atoms with van der Waals surface area (Å²) in [5.74, 6) is -0.136. The number of likely N-dealkylation sites (N-methyl/N-ethyl adjacent to an activating group) is 1. The van der Waals surface area contributed by atoms with Crippen LogP contribution in [0, 0.1) is 0 Å². The maximum absolute atomic E-state index is 12.2. The van der Waals surface area contributed by atoms with E-state index in [9.17, 15) is 4.79 Å². The van der Waals surface area contributed by atoms with Crippen molar-refractivity contribution in [2.24, 2.45) is 5.73 Å². The van der Waals surface area contributed by atoms with Crippen molar-refractivity contribution in [1.82, 2.24) is 15.2 Å². The number of rotatable bonds is 8. The Kier molecular flexibility index (Phi) is 11.4. The molecule has 2 aromatic rings. The van der Waals surface area contributed by atoms with E-state index in [0.717, 1.165) is 18.1 Å². The summed E-state index contributed by atoms with van der Waals surface area (Å²) in [6.45, 7) is 7.11. The molecule has 0 aliphatic carbocycles. The van der Waals surface area contributed by atoms with Gasteiger partial charge in [-0.1, -0.05) is 13.8 Å². The minimum absolute atomic E-state index is 0. The topological polar surface area (TPSA) is 71.2 Å². The minimum atomic E-state index is -0.136. The van der Waals surface area contributed by atoms with Gasteiger partial charge in [-0.25, -0.2) is 4.98 Å². The van der Waals surface area contributed by atoms with E-state index in [-0.39, 0.29) is 36.8 Å². The predicted molar refractivity (Wildman–Crippen MR) is 107 cm³/mol. The smallest absolute Gasteiger partial charge is 0.270 e. The molecule has 0 fully saturated rings. The second-order valence-corrected chi connectivity index (χ2v) is 6.56. The Morgan fingerprint density at radius 1 is 1.33 bits per heavy atom. The second-order valence-electron chi connectivity index (χ2n) is 4.83. The van der Waals surface area contributed by atoms with Crippen LogP contribution < -0.4 is 11.1 Å². The van der Waals surface area contributed by atoms with Crippen LogP contribution >= 0.6 is 47.5 Å². The van der Waals surface area contributed by atoms with Gasteiger partial charge >= 0.3 is 0 Å². The summed E-state index contributed by atoms with van der Waals surface area (Å²) in [4.78, 5) is 18.8. The zero-order chi connectivity index (χ0) is 15.9. The van der Waals surface area contributed by atoms with E-state index < -0.39 is 0 Å². The third kappa shape index (κ3) is 5.98. The number of nitrogens with two attached hydrogens (primary N) is 1. The average Bonchev–Trinajstić information content (AvgIpc) is 3.22. The Hall–Kier alpha value is -0.700. The molecule has 9 heteroatoms. The first-order valence-electron chi connectivity index (χ1n) is 7.38. The summed E-state index contributed by atoms with van der Waals surface area (Å²) in [5, 5.41) is 9.75. The maximum Gasteiger partial charge on any atom is 0.270 e. The first kappa shape index (κ1) is 23.3. The normalized spacial score (nSPS) is 11.5. The number of hydrogen-bond donors (Lipinski definition) is 2. The Balaban J connectivity index is 0.00000264. The Morgan fingerprint density at radius 3 is 2.54 bits per heavy atom. The van der Waals surface area contributed by atoms with Gasteiger partial charge in [-0.3, -0.25) is 9.69 Å². The molecule has 5 nitrogen and oxygen atoms in total. The Morgan fingerprint density at radius 2 is 2.04 bits per heavy atom. The van der Waals surface area contributed by atoms with Gasteiger partial charge in [0, 0.05) is 18.5 Å². The highest BCUT2D eigenvalue weighted by molar-refractivity contribution is 7.09. The average molecular weight is 411 g/mol. The van der Waals surface area contributed by atoms with E-state index in [1.165, 1.54) is 16.9 Å². The van der Waals surface area contributed by atoms with Crippen molar-refractivity contribution in [3.8, 4) is 0 Å². The van der Waals surface area contributed by atoms with E-state index >= 15 is 0 Å². The Labute approximate surface area is 163 Å². The lowest BCUT2D eigenvalue weighted by atomic mass is 10.1. The van der Waals surface area contributed by atoms with E-state index in [2.05, 4.69) is 45.9 Å². The minimum Gasteiger partial charge on any atom is -0.349 e. The van der Waals surface area contributed by atoms with Gasteiger partial charge in [0.05, 0.1) is 6.04 Å². The van der Waals surface area contributed by atoms with Gasteiger partial charge < -0.3 is 11.1 Å². The van der Waals surface area contributed by atoms with Crippen molar-refractivity contribution in [3.63, 3.8) is 0 Å². The predicted octanol–water partition coefficient (Wildman–Crippen LogP) is 3.32. The molecular weight excluding hydrogens is 387 g/mol. The summed E-state index contributed by atoms with van der Waals surface area (Å²) in [6, 6.07) is 2.31. The van der Waals surface area contributed by atoms with Crippen LogP contribution in [0.15, 0.2) is 22.2 Å². The molecule has 1 amide bonds. The van der Waals surface area contributed by atoms with Crippen LogP contribution in [0.3, 0.4) is 0 Å². The summed E-state index contributed by atoms with van der Waals surface area (Å²) >= 11 is 3.10. The van der Waals surface area contributed by atoms with E-state index in [0.29, 0.717) is 18.8 Å². The van der Waals surface area contributed by atoms with Crippen LogP contribution in [0.4, 0.5) is 0 Å². The van der Waals surface area contributed by atoms with Crippen molar-refractivity contribution in [3.05, 3.63) is 38.5 Å². The highest BCUT2D eigenvalue weighted by Gasteiger charge is 2.20. The first-order valence-corrected chi connectivity index (χ1v) is 9.20. The monoisotopic (exact) mass is 410 g/mol. The fraction of sp³-hybridized carbons (Fsp3) is 0.467. The summed E-state index contributed by atoms with van der Waals surface area (Å²) in [7, 11) is 0. The number of thiazole rings is 1. The van der Waals surface area contributed by atoms with Crippen LogP contribution in [0.25, 0.3) is 0 Å². The molecule has 136 valence electrons. The highest BCUT2D eigenvalue weighted by atomic mass is 35.5. The molecule has 2 heterocycles. The molecule has 1 unspecified atom stereocenters.